The van der Waals surface area contributed by atoms with Gasteiger partial charge in [-0.1, -0.05) is 35.9 Å². The third-order valence-electron chi connectivity index (χ3n) is 11.7. The second kappa shape index (κ2) is 24.2. The van der Waals surface area contributed by atoms with Crippen LogP contribution in [0.3, 0.4) is 0 Å². The molecule has 2 aliphatic rings. The number of nitrogen functional groups attached to an aromatic ring is 1. The summed E-state index contributed by atoms with van der Waals surface area (Å²) < 4.78 is 106. The van der Waals surface area contributed by atoms with Gasteiger partial charge >= 0.3 is 12.4 Å². The van der Waals surface area contributed by atoms with Gasteiger partial charge in [-0.2, -0.15) is 36.5 Å². The zero-order chi connectivity index (χ0) is 53.0. The van der Waals surface area contributed by atoms with Gasteiger partial charge in [-0.25, -0.2) is 19.3 Å². The van der Waals surface area contributed by atoms with Crippen LogP contribution in [0.1, 0.15) is 11.1 Å². The molecular weight excluding hydrogens is 1010 g/mol. The number of nitrogens with two attached hydrogens (primary N) is 1. The molecule has 0 unspecified atom stereocenters. The Balaban J connectivity index is 0.000000166. The summed E-state index contributed by atoms with van der Waals surface area (Å²) in [5.41, 5.74) is 9.18. The number of halogens is 7. The minimum atomic E-state index is -4.61. The molecule has 23 heteroatoms. The van der Waals surface area contributed by atoms with E-state index in [1.54, 1.807) is 109 Å². The van der Waals surface area contributed by atoms with Gasteiger partial charge in [0.05, 0.1) is 97.3 Å². The van der Waals surface area contributed by atoms with Crippen LogP contribution in [0, 0.1) is 0 Å². The van der Waals surface area contributed by atoms with E-state index in [4.69, 9.17) is 36.3 Å². The summed E-state index contributed by atoms with van der Waals surface area (Å²) in [5.74, 6) is 1.51. The normalized spacial score (nSPS) is 13.7. The van der Waals surface area contributed by atoms with Crippen LogP contribution in [0.5, 0.6) is 11.5 Å². The number of benzene rings is 4. The fourth-order valence-electron chi connectivity index (χ4n) is 7.94. The lowest BCUT2D eigenvalue weighted by atomic mass is 10.2. The molecule has 0 radical (unpaired) electrons. The van der Waals surface area contributed by atoms with Gasteiger partial charge in [-0.15, -0.1) is 0 Å². The highest BCUT2D eigenvalue weighted by molar-refractivity contribution is 6.29. The molecule has 0 bridgehead atoms. The van der Waals surface area contributed by atoms with Gasteiger partial charge in [0.2, 0.25) is 0 Å². The molecule has 6 heterocycles. The number of rotatable bonds is 12. The third kappa shape index (κ3) is 13.7. The summed E-state index contributed by atoms with van der Waals surface area (Å²) in [6, 6.07) is 31.3. The van der Waals surface area contributed by atoms with Crippen LogP contribution in [0.2, 0.25) is 5.15 Å². The van der Waals surface area contributed by atoms with Crippen molar-refractivity contribution in [3.05, 3.63) is 163 Å². The molecule has 2 aliphatic heterocycles. The fraction of sp³-hybridized carbons (Fsp3) is 0.231. The Kier molecular flexibility index (Phi) is 17.1. The van der Waals surface area contributed by atoms with E-state index in [1.807, 2.05) is 36.4 Å². The molecule has 0 amide bonds. The third-order valence-corrected chi connectivity index (χ3v) is 11.9. The van der Waals surface area contributed by atoms with E-state index in [1.165, 1.54) is 6.07 Å². The van der Waals surface area contributed by atoms with Crippen molar-refractivity contribution in [1.29, 1.82) is 0 Å². The average Bonchev–Trinajstić information content (AvgIpc) is 4.17. The molecule has 0 saturated carbocycles. The van der Waals surface area contributed by atoms with Crippen LogP contribution in [-0.4, -0.2) is 96.4 Å². The number of anilines is 9. The van der Waals surface area contributed by atoms with E-state index in [2.05, 4.69) is 45.9 Å². The maximum Gasteiger partial charge on any atom is 0.419 e. The molecule has 5 N–H and O–H groups in total. The van der Waals surface area contributed by atoms with E-state index in [-0.39, 0.29) is 22.3 Å². The summed E-state index contributed by atoms with van der Waals surface area (Å²) in [7, 11) is 3.18. The standard InChI is InChI=1S/C26H25F3N6O2.C15H10ClF3N4.C11H16N2O2/c1-36-24-15-18(34-11-13-37-14-12-34)7-8-21(24)33-25-16-22(19(17-30-25)26(27,28)29)32-20-5-2-3-6-23(20)35-10-4-9-31-35;16-14-8-12(10(9-20-14)15(17,18)19)22-11-4-1-2-5-13(11)23-7-3-6-21-23;1-14-11-8-9(2-3-10(11)12)13-4-6-15-7-5-13/h2-10,15-17H,11-14H2,1H3,(H2,30,32,33);1-9H,(H,20,22);2-3,8H,4-7,12H2,1H3. The van der Waals surface area contributed by atoms with Crippen molar-refractivity contribution in [3.8, 4) is 22.9 Å². The number of nitrogens with one attached hydrogen (secondary N) is 3. The number of hydrogen-bond donors (Lipinski definition) is 4. The van der Waals surface area contributed by atoms with Gasteiger partial charge in [0, 0.05) is 92.9 Å². The first-order valence-corrected chi connectivity index (χ1v) is 23.6. The molecular formula is C52H51ClF6N12O4. The van der Waals surface area contributed by atoms with Crippen molar-refractivity contribution in [1.82, 2.24) is 29.5 Å². The Morgan fingerprint density at radius 2 is 1.03 bits per heavy atom. The van der Waals surface area contributed by atoms with E-state index < -0.39 is 23.5 Å². The highest BCUT2D eigenvalue weighted by atomic mass is 35.5. The van der Waals surface area contributed by atoms with E-state index in [0.717, 1.165) is 68.8 Å². The number of hydrogen-bond acceptors (Lipinski definition) is 14. The monoisotopic (exact) mass is 1060 g/mol. The van der Waals surface area contributed by atoms with Crippen LogP contribution < -0.4 is 41.0 Å². The maximum atomic E-state index is 13.9. The number of alkyl halides is 6. The van der Waals surface area contributed by atoms with Crippen molar-refractivity contribution in [2.75, 3.05) is 98.3 Å². The van der Waals surface area contributed by atoms with E-state index >= 15 is 0 Å². The van der Waals surface area contributed by atoms with Gasteiger partial charge in [-0.3, -0.25) is 0 Å². The van der Waals surface area contributed by atoms with Crippen molar-refractivity contribution < 1.29 is 45.3 Å². The maximum absolute atomic E-state index is 13.9. The average molecular weight is 1060 g/mol. The second-order valence-electron chi connectivity index (χ2n) is 16.5. The van der Waals surface area contributed by atoms with Crippen LogP contribution in [0.4, 0.5) is 77.7 Å². The summed E-state index contributed by atoms with van der Waals surface area (Å²) in [4.78, 5) is 12.0. The molecule has 8 aromatic rings. The predicted molar refractivity (Wildman–Crippen MR) is 277 cm³/mol. The SMILES string of the molecule is COc1cc(N2CCOCC2)ccc1N.COc1cc(N2CCOCC2)ccc1Nc1cc(Nc2ccccc2-n2cccn2)c(C(F)(F)F)cn1.FC(F)(F)c1cnc(Cl)cc1Nc1ccccc1-n1cccn1. The number of aromatic nitrogens is 6. The Bertz CT molecular complexity index is 3120. The molecule has 392 valence electrons. The number of nitrogens with zero attached hydrogens (tertiary/aromatic N) is 8. The van der Waals surface area contributed by atoms with Crippen LogP contribution in [0.15, 0.2) is 146 Å². The smallest absolute Gasteiger partial charge is 0.419 e. The number of para-hydroxylation sites is 4. The Hall–Kier alpha value is -8.21. The Labute approximate surface area is 432 Å². The summed E-state index contributed by atoms with van der Waals surface area (Å²) in [6.07, 6.45) is -1.02. The van der Waals surface area contributed by atoms with Gasteiger partial charge < -0.3 is 50.4 Å². The van der Waals surface area contributed by atoms with Gasteiger partial charge in [0.15, 0.2) is 0 Å². The van der Waals surface area contributed by atoms with Gasteiger partial charge in [0.25, 0.3) is 0 Å². The Morgan fingerprint density at radius 1 is 0.547 bits per heavy atom. The first-order chi connectivity index (χ1) is 36.2. The van der Waals surface area contributed by atoms with Crippen molar-refractivity contribution >= 4 is 62.9 Å². The van der Waals surface area contributed by atoms with Gasteiger partial charge in [0.1, 0.15) is 22.5 Å². The zero-order valence-electron chi connectivity index (χ0n) is 40.4. The molecule has 0 aliphatic carbocycles. The molecule has 75 heavy (non-hydrogen) atoms. The first kappa shape index (κ1) is 53.1. The van der Waals surface area contributed by atoms with Crippen LogP contribution in [0.25, 0.3) is 11.4 Å². The molecule has 2 saturated heterocycles. The highest BCUT2D eigenvalue weighted by Crippen LogP contribution is 2.40. The lowest BCUT2D eigenvalue weighted by Crippen LogP contribution is -2.36. The summed E-state index contributed by atoms with van der Waals surface area (Å²) in [6.45, 7) is 6.25. The summed E-state index contributed by atoms with van der Waals surface area (Å²) >= 11 is 5.74. The quantitative estimate of drug-likeness (QED) is 0.0518. The largest absolute Gasteiger partial charge is 0.495 e. The highest BCUT2D eigenvalue weighted by Gasteiger charge is 2.36. The molecule has 0 spiro atoms. The van der Waals surface area contributed by atoms with Crippen molar-refractivity contribution in [3.63, 3.8) is 0 Å². The molecule has 16 nitrogen and oxygen atoms in total. The predicted octanol–water partition coefficient (Wildman–Crippen LogP) is 11.4. The zero-order valence-corrected chi connectivity index (χ0v) is 41.2. The molecule has 0 atom stereocenters. The minimum absolute atomic E-state index is 0.0305. The fourth-order valence-corrected chi connectivity index (χ4v) is 8.10. The number of ether oxygens (including phenoxy) is 4. The topological polar surface area (TPSA) is 167 Å². The van der Waals surface area contributed by atoms with Crippen LogP contribution in [-0.2, 0) is 21.8 Å². The van der Waals surface area contributed by atoms with Gasteiger partial charge in [-0.05, 0) is 66.7 Å². The van der Waals surface area contributed by atoms with Crippen LogP contribution >= 0.6 is 11.6 Å². The first-order valence-electron chi connectivity index (χ1n) is 23.2. The van der Waals surface area contributed by atoms with E-state index in [9.17, 15) is 26.3 Å². The van der Waals surface area contributed by atoms with Crippen molar-refractivity contribution in [2.45, 2.75) is 12.4 Å². The Morgan fingerprint density at radius 3 is 1.52 bits per heavy atom. The molecule has 4 aromatic carbocycles. The summed E-state index contributed by atoms with van der Waals surface area (Å²) in [5, 5.41) is 17.1. The lowest BCUT2D eigenvalue weighted by Gasteiger charge is -2.29. The lowest BCUT2D eigenvalue weighted by molar-refractivity contribution is -0.138. The molecule has 4 aromatic heterocycles. The molecule has 2 fully saturated rings. The van der Waals surface area contributed by atoms with Crippen molar-refractivity contribution in [2.24, 2.45) is 0 Å². The number of morpholine rings is 2. The van der Waals surface area contributed by atoms with E-state index in [0.29, 0.717) is 59.3 Å². The second-order valence-corrected chi connectivity index (χ2v) is 16.9. The number of pyridine rings is 2. The minimum Gasteiger partial charge on any atom is -0.495 e. The molecule has 10 rings (SSSR count). The number of methoxy groups -OCH3 is 2.